The Morgan fingerprint density at radius 1 is 1.16 bits per heavy atom. The number of anilines is 1. The fourth-order valence-electron chi connectivity index (χ4n) is 3.39. The summed E-state index contributed by atoms with van der Waals surface area (Å²) in [4.78, 5) is 39.0. The number of carbonyl (C=O) groups is 2. The highest BCUT2D eigenvalue weighted by Crippen LogP contribution is 2.33. The van der Waals surface area contributed by atoms with Crippen LogP contribution in [0.15, 0.2) is 36.1 Å². The first-order valence-corrected chi connectivity index (χ1v) is 10.5. The summed E-state index contributed by atoms with van der Waals surface area (Å²) < 4.78 is 10.7. The molecule has 0 spiro atoms. The number of aromatic nitrogens is 3. The van der Waals surface area contributed by atoms with Crippen LogP contribution >= 0.6 is 11.3 Å². The molecule has 4 rings (SSSR count). The van der Waals surface area contributed by atoms with Crippen molar-refractivity contribution in [3.8, 4) is 11.5 Å². The van der Waals surface area contributed by atoms with E-state index in [-0.39, 0.29) is 18.0 Å². The van der Waals surface area contributed by atoms with Crippen molar-refractivity contribution < 1.29 is 19.1 Å². The van der Waals surface area contributed by atoms with E-state index in [4.69, 9.17) is 9.47 Å². The topological polar surface area (TPSA) is 107 Å². The third kappa shape index (κ3) is 4.64. The van der Waals surface area contributed by atoms with Crippen molar-refractivity contribution in [2.24, 2.45) is 0 Å². The molecule has 0 unspecified atom stereocenters. The molecule has 1 aliphatic rings. The minimum atomic E-state index is -0.391. The fraction of sp³-hybridized carbons (Fsp3) is 0.286. The van der Waals surface area contributed by atoms with E-state index in [1.54, 1.807) is 19.6 Å². The quantitative estimate of drug-likeness (QED) is 0.628. The number of nitrogens with one attached hydrogen (secondary N) is 1. The lowest BCUT2D eigenvalue weighted by Crippen LogP contribution is -2.37. The summed E-state index contributed by atoms with van der Waals surface area (Å²) in [6.07, 6.45) is 5.24. The Morgan fingerprint density at radius 2 is 1.94 bits per heavy atom. The molecular weight excluding hydrogens is 418 g/mol. The second-order valence-corrected chi connectivity index (χ2v) is 7.76. The maximum Gasteiger partial charge on any atom is 0.277 e. The lowest BCUT2D eigenvalue weighted by molar-refractivity contribution is -0.131. The number of carbonyl (C=O) groups excluding carboxylic acids is 2. The molecule has 0 aliphatic carbocycles. The van der Waals surface area contributed by atoms with Crippen LogP contribution in [-0.2, 0) is 24.2 Å². The lowest BCUT2D eigenvalue weighted by atomic mass is 9.98. The van der Waals surface area contributed by atoms with E-state index in [9.17, 15) is 9.59 Å². The number of rotatable bonds is 6. The van der Waals surface area contributed by atoms with E-state index in [1.807, 2.05) is 17.0 Å². The largest absolute Gasteiger partial charge is 0.493 e. The van der Waals surface area contributed by atoms with Gasteiger partial charge in [-0.2, -0.15) is 0 Å². The molecule has 2 aromatic heterocycles. The van der Waals surface area contributed by atoms with Gasteiger partial charge in [-0.1, -0.05) is 0 Å². The van der Waals surface area contributed by atoms with Crippen LogP contribution in [0.3, 0.4) is 0 Å². The first-order valence-electron chi connectivity index (χ1n) is 9.60. The Hall–Kier alpha value is -3.53. The summed E-state index contributed by atoms with van der Waals surface area (Å²) in [5.41, 5.74) is 3.02. The average molecular weight is 439 g/mol. The molecule has 0 saturated carbocycles. The fourth-order valence-corrected chi connectivity index (χ4v) is 4.09. The Kier molecular flexibility index (Phi) is 6.08. The van der Waals surface area contributed by atoms with Gasteiger partial charge in [-0.05, 0) is 29.7 Å². The monoisotopic (exact) mass is 439 g/mol. The maximum atomic E-state index is 12.8. The Morgan fingerprint density at radius 3 is 2.65 bits per heavy atom. The second-order valence-electron chi connectivity index (χ2n) is 6.91. The Labute approximate surface area is 183 Å². The van der Waals surface area contributed by atoms with Crippen LogP contribution in [0.2, 0.25) is 0 Å². The van der Waals surface area contributed by atoms with Crippen LogP contribution < -0.4 is 14.8 Å². The number of benzene rings is 1. The van der Waals surface area contributed by atoms with Crippen LogP contribution in [0, 0.1) is 0 Å². The van der Waals surface area contributed by atoms with Crippen LogP contribution in [-0.4, -0.2) is 52.4 Å². The number of hydrogen-bond donors (Lipinski definition) is 1. The minimum Gasteiger partial charge on any atom is -0.493 e. The molecule has 1 N–H and O–H groups in total. The van der Waals surface area contributed by atoms with Crippen molar-refractivity contribution in [2.75, 3.05) is 26.1 Å². The first kappa shape index (κ1) is 20.7. The molecule has 0 fully saturated rings. The molecule has 0 atom stereocenters. The summed E-state index contributed by atoms with van der Waals surface area (Å²) >= 11 is 1.27. The van der Waals surface area contributed by atoms with Gasteiger partial charge in [0.2, 0.25) is 5.91 Å². The molecule has 1 aliphatic heterocycles. The number of nitrogens with zero attached hydrogens (tertiary/aromatic N) is 4. The molecule has 2 amide bonds. The molecule has 3 heterocycles. The standard InChI is InChI=1S/C21H21N5O4S/c1-29-17-7-13-3-6-26(11-14(13)8-18(17)30-2)19(27)9-15-12-31-21(24-15)25-20(28)16-10-22-4-5-23-16/h4-5,7-8,10,12H,3,6,9,11H2,1-2H3,(H,24,25,28). The summed E-state index contributed by atoms with van der Waals surface area (Å²) in [7, 11) is 3.21. The van der Waals surface area contributed by atoms with Gasteiger partial charge in [-0.15, -0.1) is 11.3 Å². The molecule has 0 saturated heterocycles. The third-order valence-electron chi connectivity index (χ3n) is 4.97. The van der Waals surface area contributed by atoms with Crippen LogP contribution in [0.4, 0.5) is 5.13 Å². The Bertz CT molecular complexity index is 1100. The van der Waals surface area contributed by atoms with Crippen molar-refractivity contribution in [1.29, 1.82) is 0 Å². The summed E-state index contributed by atoms with van der Waals surface area (Å²) in [5, 5.41) is 4.87. The van der Waals surface area contributed by atoms with E-state index >= 15 is 0 Å². The van der Waals surface area contributed by atoms with Gasteiger partial charge < -0.3 is 14.4 Å². The number of methoxy groups -OCH3 is 2. The molecule has 160 valence electrons. The number of ether oxygens (including phenoxy) is 2. The van der Waals surface area contributed by atoms with Gasteiger partial charge in [-0.25, -0.2) is 9.97 Å². The predicted octanol–water partition coefficient (Wildman–Crippen LogP) is 2.33. The lowest BCUT2D eigenvalue weighted by Gasteiger charge is -2.29. The van der Waals surface area contributed by atoms with E-state index < -0.39 is 5.91 Å². The van der Waals surface area contributed by atoms with Gasteiger partial charge in [0, 0.05) is 30.9 Å². The van der Waals surface area contributed by atoms with Gasteiger partial charge in [0.1, 0.15) is 5.69 Å². The molecule has 9 nitrogen and oxygen atoms in total. The van der Waals surface area contributed by atoms with Gasteiger partial charge in [0.15, 0.2) is 16.6 Å². The number of hydrogen-bond acceptors (Lipinski definition) is 8. The second kappa shape index (κ2) is 9.09. The predicted molar refractivity (Wildman–Crippen MR) is 114 cm³/mol. The smallest absolute Gasteiger partial charge is 0.277 e. The van der Waals surface area contributed by atoms with Gasteiger partial charge >= 0.3 is 0 Å². The molecule has 3 aromatic rings. The highest BCUT2D eigenvalue weighted by Gasteiger charge is 2.23. The SMILES string of the molecule is COc1cc2c(cc1OC)CN(C(=O)Cc1csc(NC(=O)c3cnccn3)n1)CC2. The zero-order chi connectivity index (χ0) is 21.8. The van der Waals surface area contributed by atoms with E-state index in [0.29, 0.717) is 35.4 Å². The van der Waals surface area contributed by atoms with Gasteiger partial charge in [0.05, 0.1) is 32.5 Å². The molecule has 31 heavy (non-hydrogen) atoms. The van der Waals surface area contributed by atoms with Crippen LogP contribution in [0.1, 0.15) is 27.3 Å². The van der Waals surface area contributed by atoms with E-state index in [1.165, 1.54) is 29.9 Å². The third-order valence-corrected chi connectivity index (χ3v) is 5.78. The Balaban J connectivity index is 1.39. The summed E-state index contributed by atoms with van der Waals surface area (Å²) in [6, 6.07) is 3.90. The molecule has 10 heteroatoms. The van der Waals surface area contributed by atoms with E-state index in [2.05, 4.69) is 20.3 Å². The zero-order valence-corrected chi connectivity index (χ0v) is 17.9. The zero-order valence-electron chi connectivity index (χ0n) is 17.1. The van der Waals surface area contributed by atoms with Gasteiger partial charge in [-0.3, -0.25) is 19.9 Å². The van der Waals surface area contributed by atoms with Crippen molar-refractivity contribution in [1.82, 2.24) is 19.9 Å². The average Bonchev–Trinajstić information content (AvgIpc) is 3.24. The summed E-state index contributed by atoms with van der Waals surface area (Å²) in [5.74, 6) is 0.938. The van der Waals surface area contributed by atoms with Crippen molar-refractivity contribution >= 4 is 28.3 Å². The van der Waals surface area contributed by atoms with E-state index in [0.717, 1.165) is 17.5 Å². The van der Waals surface area contributed by atoms with Crippen molar-refractivity contribution in [3.63, 3.8) is 0 Å². The molecule has 1 aromatic carbocycles. The number of thiazole rings is 1. The number of amides is 2. The maximum absolute atomic E-state index is 12.8. The summed E-state index contributed by atoms with van der Waals surface area (Å²) in [6.45, 7) is 1.14. The van der Waals surface area contributed by atoms with Crippen molar-refractivity contribution in [3.05, 3.63) is 58.6 Å². The molecular formula is C21H21N5O4S. The molecule has 0 radical (unpaired) electrons. The van der Waals surface area contributed by atoms with Gasteiger partial charge in [0.25, 0.3) is 5.91 Å². The van der Waals surface area contributed by atoms with Crippen molar-refractivity contribution in [2.45, 2.75) is 19.4 Å². The highest BCUT2D eigenvalue weighted by atomic mass is 32.1. The van der Waals surface area contributed by atoms with Crippen LogP contribution in [0.5, 0.6) is 11.5 Å². The molecule has 0 bridgehead atoms. The number of fused-ring (bicyclic) bond motifs is 1. The normalized spacial score (nSPS) is 12.8. The minimum absolute atomic E-state index is 0.0162. The first-order chi connectivity index (χ1) is 15.1. The van der Waals surface area contributed by atoms with Crippen LogP contribution in [0.25, 0.3) is 0 Å². The highest BCUT2D eigenvalue weighted by molar-refractivity contribution is 7.14.